The van der Waals surface area contributed by atoms with Crippen LogP contribution in [0.15, 0.2) is 24.3 Å². The van der Waals surface area contributed by atoms with Gasteiger partial charge in [0.05, 0.1) is 13.5 Å². The molecule has 0 saturated carbocycles. The van der Waals surface area contributed by atoms with Crippen LogP contribution in [0.5, 0.6) is 5.75 Å². The lowest BCUT2D eigenvalue weighted by molar-refractivity contribution is -0.131. The molecule has 2 amide bonds. The molecule has 1 aromatic rings. The number of piperidine rings is 1. The molecule has 0 atom stereocenters. The van der Waals surface area contributed by atoms with E-state index in [0.717, 1.165) is 24.2 Å². The van der Waals surface area contributed by atoms with Crippen LogP contribution < -0.4 is 10.1 Å². The summed E-state index contributed by atoms with van der Waals surface area (Å²) in [7, 11) is 1.62. The van der Waals surface area contributed by atoms with Crippen molar-refractivity contribution < 1.29 is 14.3 Å². The van der Waals surface area contributed by atoms with Crippen molar-refractivity contribution in [2.45, 2.75) is 38.1 Å². The van der Waals surface area contributed by atoms with Crippen LogP contribution in [0, 0.1) is 0 Å². The summed E-state index contributed by atoms with van der Waals surface area (Å²) in [6.45, 7) is 1.38. The highest BCUT2D eigenvalue weighted by atomic mass is 35.5. The summed E-state index contributed by atoms with van der Waals surface area (Å²) in [5, 5.41) is 3.03. The van der Waals surface area contributed by atoms with Gasteiger partial charge < -0.3 is 15.0 Å². The highest BCUT2D eigenvalue weighted by molar-refractivity contribution is 6.17. The maximum absolute atomic E-state index is 12.4. The molecular formula is C18H25ClN2O3. The van der Waals surface area contributed by atoms with Crippen LogP contribution in [0.4, 0.5) is 0 Å². The van der Waals surface area contributed by atoms with Crippen LogP contribution in [0.25, 0.3) is 0 Å². The van der Waals surface area contributed by atoms with Gasteiger partial charge in [-0.15, -0.1) is 11.6 Å². The number of amides is 2. The van der Waals surface area contributed by atoms with Gasteiger partial charge in [-0.3, -0.25) is 9.59 Å². The van der Waals surface area contributed by atoms with Crippen molar-refractivity contribution in [3.8, 4) is 5.75 Å². The first-order valence-corrected chi connectivity index (χ1v) is 8.92. The molecule has 1 aromatic carbocycles. The van der Waals surface area contributed by atoms with Crippen LogP contribution >= 0.6 is 11.6 Å². The van der Waals surface area contributed by atoms with Gasteiger partial charge in [0.15, 0.2) is 0 Å². The Morgan fingerprint density at radius 1 is 1.25 bits per heavy atom. The number of ether oxygens (including phenoxy) is 1. The Kier molecular flexibility index (Phi) is 7.37. The SMILES string of the molecule is COc1ccc(CC(=O)N2CCC(NC(=O)CCCCl)CC2)cc1. The van der Waals surface area contributed by atoms with Crippen molar-refractivity contribution in [3.63, 3.8) is 0 Å². The Labute approximate surface area is 148 Å². The van der Waals surface area contributed by atoms with Gasteiger partial charge in [0, 0.05) is 31.4 Å². The summed E-state index contributed by atoms with van der Waals surface area (Å²) in [5.41, 5.74) is 0.984. The number of nitrogens with one attached hydrogen (secondary N) is 1. The molecule has 1 aliphatic rings. The number of rotatable bonds is 7. The lowest BCUT2D eigenvalue weighted by Gasteiger charge is -2.32. The van der Waals surface area contributed by atoms with Crippen molar-refractivity contribution in [1.82, 2.24) is 10.2 Å². The molecule has 1 fully saturated rings. The van der Waals surface area contributed by atoms with Gasteiger partial charge >= 0.3 is 0 Å². The first-order chi connectivity index (χ1) is 11.6. The van der Waals surface area contributed by atoms with E-state index in [9.17, 15) is 9.59 Å². The van der Waals surface area contributed by atoms with Crippen molar-refractivity contribution >= 4 is 23.4 Å². The Bertz CT molecular complexity index is 540. The highest BCUT2D eigenvalue weighted by Gasteiger charge is 2.23. The van der Waals surface area contributed by atoms with E-state index in [0.29, 0.717) is 38.2 Å². The molecule has 1 heterocycles. The summed E-state index contributed by atoms with van der Waals surface area (Å²) in [6.07, 6.45) is 3.19. The summed E-state index contributed by atoms with van der Waals surface area (Å²) in [6, 6.07) is 7.73. The number of hydrogen-bond acceptors (Lipinski definition) is 3. The fraction of sp³-hybridized carbons (Fsp3) is 0.556. The van der Waals surface area contributed by atoms with Gasteiger partial charge in [0.25, 0.3) is 0 Å². The second-order valence-corrected chi connectivity index (χ2v) is 6.42. The third-order valence-electron chi connectivity index (χ3n) is 4.26. The van der Waals surface area contributed by atoms with Crippen LogP contribution in [0.1, 0.15) is 31.2 Å². The van der Waals surface area contributed by atoms with E-state index in [1.807, 2.05) is 29.2 Å². The Hall–Kier alpha value is -1.75. The fourth-order valence-electron chi connectivity index (χ4n) is 2.83. The first kappa shape index (κ1) is 18.6. The maximum Gasteiger partial charge on any atom is 0.226 e. The topological polar surface area (TPSA) is 58.6 Å². The number of methoxy groups -OCH3 is 1. The van der Waals surface area contributed by atoms with Crippen molar-refractivity contribution in [2.24, 2.45) is 0 Å². The number of hydrogen-bond donors (Lipinski definition) is 1. The fourth-order valence-corrected chi connectivity index (χ4v) is 2.96. The molecule has 0 aromatic heterocycles. The Morgan fingerprint density at radius 2 is 1.92 bits per heavy atom. The number of halogens is 1. The summed E-state index contributed by atoms with van der Waals surface area (Å²) >= 11 is 5.59. The van der Waals surface area contributed by atoms with Crippen LogP contribution in [0.2, 0.25) is 0 Å². The predicted octanol–water partition coefficient (Wildman–Crippen LogP) is 2.36. The average molecular weight is 353 g/mol. The molecule has 1 N–H and O–H groups in total. The van der Waals surface area contributed by atoms with E-state index >= 15 is 0 Å². The van der Waals surface area contributed by atoms with E-state index in [1.165, 1.54) is 0 Å². The molecule has 1 aliphatic heterocycles. The third kappa shape index (κ3) is 5.71. The minimum atomic E-state index is 0.0543. The molecule has 132 valence electrons. The molecule has 0 aliphatic carbocycles. The summed E-state index contributed by atoms with van der Waals surface area (Å²) in [5.74, 6) is 1.48. The Morgan fingerprint density at radius 3 is 2.50 bits per heavy atom. The second-order valence-electron chi connectivity index (χ2n) is 6.04. The minimum Gasteiger partial charge on any atom is -0.497 e. The zero-order valence-electron chi connectivity index (χ0n) is 14.1. The minimum absolute atomic E-state index is 0.0543. The summed E-state index contributed by atoms with van der Waals surface area (Å²) < 4.78 is 5.12. The lowest BCUT2D eigenvalue weighted by Crippen LogP contribution is -2.46. The third-order valence-corrected chi connectivity index (χ3v) is 4.53. The lowest BCUT2D eigenvalue weighted by atomic mass is 10.0. The van der Waals surface area contributed by atoms with Crippen LogP contribution in [0.3, 0.4) is 0 Å². The molecule has 0 unspecified atom stereocenters. The van der Waals surface area contributed by atoms with Crippen LogP contribution in [-0.4, -0.2) is 48.8 Å². The standard InChI is InChI=1S/C18H25ClN2O3/c1-24-16-6-4-14(5-7-16)13-18(23)21-11-8-15(9-12-21)20-17(22)3-2-10-19/h4-7,15H,2-3,8-13H2,1H3,(H,20,22). The van der Waals surface area contributed by atoms with Crippen LogP contribution in [-0.2, 0) is 16.0 Å². The molecule has 5 nitrogen and oxygen atoms in total. The zero-order valence-corrected chi connectivity index (χ0v) is 14.8. The van der Waals surface area contributed by atoms with Crippen molar-refractivity contribution in [3.05, 3.63) is 29.8 Å². The van der Waals surface area contributed by atoms with Gasteiger partial charge in [-0.2, -0.15) is 0 Å². The number of nitrogens with zero attached hydrogens (tertiary/aromatic N) is 1. The van der Waals surface area contributed by atoms with Gasteiger partial charge in [0.1, 0.15) is 5.75 Å². The zero-order chi connectivity index (χ0) is 17.4. The maximum atomic E-state index is 12.4. The van der Waals surface area contributed by atoms with E-state index in [2.05, 4.69) is 5.32 Å². The summed E-state index contributed by atoms with van der Waals surface area (Å²) in [4.78, 5) is 26.0. The molecule has 1 saturated heterocycles. The van der Waals surface area contributed by atoms with Gasteiger partial charge in [-0.1, -0.05) is 12.1 Å². The number of likely N-dealkylation sites (tertiary alicyclic amines) is 1. The van der Waals surface area contributed by atoms with Crippen molar-refractivity contribution in [2.75, 3.05) is 26.1 Å². The number of carbonyl (C=O) groups excluding carboxylic acids is 2. The largest absolute Gasteiger partial charge is 0.497 e. The van der Waals surface area contributed by atoms with E-state index in [-0.39, 0.29) is 17.9 Å². The number of carbonyl (C=O) groups is 2. The molecule has 0 bridgehead atoms. The van der Waals surface area contributed by atoms with Gasteiger partial charge in [-0.25, -0.2) is 0 Å². The van der Waals surface area contributed by atoms with Gasteiger partial charge in [-0.05, 0) is 37.0 Å². The quantitative estimate of drug-likeness (QED) is 0.766. The van der Waals surface area contributed by atoms with E-state index in [4.69, 9.17) is 16.3 Å². The molecule has 2 rings (SSSR count). The smallest absolute Gasteiger partial charge is 0.226 e. The second kappa shape index (κ2) is 9.52. The molecule has 6 heteroatoms. The predicted molar refractivity (Wildman–Crippen MR) is 94.4 cm³/mol. The van der Waals surface area contributed by atoms with E-state index in [1.54, 1.807) is 7.11 Å². The van der Waals surface area contributed by atoms with Gasteiger partial charge in [0.2, 0.25) is 11.8 Å². The first-order valence-electron chi connectivity index (χ1n) is 8.38. The Balaban J connectivity index is 1.74. The van der Waals surface area contributed by atoms with E-state index < -0.39 is 0 Å². The monoisotopic (exact) mass is 352 g/mol. The normalized spacial score (nSPS) is 15.2. The number of alkyl halides is 1. The van der Waals surface area contributed by atoms with Crippen molar-refractivity contribution in [1.29, 1.82) is 0 Å². The molecular weight excluding hydrogens is 328 g/mol. The molecule has 0 radical (unpaired) electrons. The molecule has 0 spiro atoms. The molecule has 24 heavy (non-hydrogen) atoms. The highest BCUT2D eigenvalue weighted by Crippen LogP contribution is 2.15. The number of benzene rings is 1. The average Bonchev–Trinajstić information content (AvgIpc) is 2.61.